The highest BCUT2D eigenvalue weighted by atomic mass is 35.5. The molecule has 5 nitrogen and oxygen atoms in total. The number of para-hydroxylation sites is 1. The molecule has 0 heterocycles. The van der Waals surface area contributed by atoms with Crippen LogP contribution in [-0.4, -0.2) is 10.9 Å². The standard InChI is InChI=1S/C15H10ClNO4/c16-13-8-6-11(10-14(13)17(19)20)7-9-15(18)21-12-4-2-1-3-5-12/h1-10H/b9-7+. The summed E-state index contributed by atoms with van der Waals surface area (Å²) in [5, 5.41) is 10.8. The van der Waals surface area contributed by atoms with Gasteiger partial charge in [-0.1, -0.05) is 35.9 Å². The quantitative estimate of drug-likeness (QED) is 0.283. The fourth-order valence-corrected chi connectivity index (χ4v) is 1.76. The number of nitro benzene ring substituents is 1. The van der Waals surface area contributed by atoms with Gasteiger partial charge in [0.05, 0.1) is 4.92 Å². The molecule has 0 aliphatic heterocycles. The summed E-state index contributed by atoms with van der Waals surface area (Å²) in [7, 11) is 0. The third kappa shape index (κ3) is 4.15. The predicted octanol–water partition coefficient (Wildman–Crippen LogP) is 3.87. The lowest BCUT2D eigenvalue weighted by atomic mass is 10.2. The molecule has 0 amide bonds. The number of carbonyl (C=O) groups excluding carboxylic acids is 1. The topological polar surface area (TPSA) is 69.4 Å². The summed E-state index contributed by atoms with van der Waals surface area (Å²) in [4.78, 5) is 21.8. The van der Waals surface area contributed by atoms with Gasteiger partial charge in [0.2, 0.25) is 0 Å². The Bertz CT molecular complexity index is 698. The average Bonchev–Trinajstić information content (AvgIpc) is 2.47. The molecule has 0 saturated carbocycles. The van der Waals surface area contributed by atoms with Crippen molar-refractivity contribution >= 4 is 29.3 Å². The number of ether oxygens (including phenoxy) is 1. The van der Waals surface area contributed by atoms with Crippen LogP contribution in [0.4, 0.5) is 5.69 Å². The second kappa shape index (κ2) is 6.67. The molecule has 106 valence electrons. The van der Waals surface area contributed by atoms with Gasteiger partial charge in [0.1, 0.15) is 10.8 Å². The third-order valence-corrected chi connectivity index (χ3v) is 2.86. The molecule has 0 saturated heterocycles. The van der Waals surface area contributed by atoms with Crippen molar-refractivity contribution < 1.29 is 14.5 Å². The van der Waals surface area contributed by atoms with Crippen LogP contribution in [-0.2, 0) is 4.79 Å². The van der Waals surface area contributed by atoms with E-state index < -0.39 is 10.9 Å². The molecule has 0 spiro atoms. The molecule has 2 aromatic rings. The molecule has 2 rings (SSSR count). The van der Waals surface area contributed by atoms with Gasteiger partial charge in [0.15, 0.2) is 0 Å². The van der Waals surface area contributed by atoms with Crippen molar-refractivity contribution in [3.63, 3.8) is 0 Å². The van der Waals surface area contributed by atoms with E-state index in [4.69, 9.17) is 16.3 Å². The number of halogens is 1. The Labute approximate surface area is 125 Å². The Morgan fingerprint density at radius 2 is 1.90 bits per heavy atom. The molecule has 0 bridgehead atoms. The first-order valence-electron chi connectivity index (χ1n) is 5.95. The van der Waals surface area contributed by atoms with Gasteiger partial charge in [-0.25, -0.2) is 4.79 Å². The lowest BCUT2D eigenvalue weighted by molar-refractivity contribution is -0.384. The summed E-state index contributed by atoms with van der Waals surface area (Å²) >= 11 is 5.70. The van der Waals surface area contributed by atoms with Gasteiger partial charge in [-0.2, -0.15) is 0 Å². The normalized spacial score (nSPS) is 10.5. The number of benzene rings is 2. The number of carbonyl (C=O) groups is 1. The van der Waals surface area contributed by atoms with Gasteiger partial charge in [-0.15, -0.1) is 0 Å². The summed E-state index contributed by atoms with van der Waals surface area (Å²) in [6, 6.07) is 12.9. The third-order valence-electron chi connectivity index (χ3n) is 2.54. The number of rotatable bonds is 4. The first kappa shape index (κ1) is 14.7. The lowest BCUT2D eigenvalue weighted by Crippen LogP contribution is -2.03. The van der Waals surface area contributed by atoms with E-state index in [1.807, 2.05) is 0 Å². The fraction of sp³-hybridized carbons (Fsp3) is 0. The van der Waals surface area contributed by atoms with E-state index in [0.29, 0.717) is 11.3 Å². The monoisotopic (exact) mass is 303 g/mol. The van der Waals surface area contributed by atoms with Crippen LogP contribution in [0.15, 0.2) is 54.6 Å². The van der Waals surface area contributed by atoms with Crippen LogP contribution in [0, 0.1) is 10.1 Å². The minimum atomic E-state index is -0.581. The Morgan fingerprint density at radius 3 is 2.57 bits per heavy atom. The van der Waals surface area contributed by atoms with Crippen molar-refractivity contribution in [2.75, 3.05) is 0 Å². The van der Waals surface area contributed by atoms with Crippen LogP contribution in [0.5, 0.6) is 5.75 Å². The average molecular weight is 304 g/mol. The van der Waals surface area contributed by atoms with Crippen molar-refractivity contribution in [3.8, 4) is 5.75 Å². The number of hydrogen-bond acceptors (Lipinski definition) is 4. The van der Waals surface area contributed by atoms with Gasteiger partial charge >= 0.3 is 5.97 Å². The molecule has 0 aliphatic carbocycles. The fourth-order valence-electron chi connectivity index (χ4n) is 1.58. The molecule has 0 aliphatic rings. The molecule has 0 N–H and O–H groups in total. The van der Waals surface area contributed by atoms with E-state index in [0.717, 1.165) is 0 Å². The van der Waals surface area contributed by atoms with Gasteiger partial charge < -0.3 is 4.74 Å². The largest absolute Gasteiger partial charge is 0.423 e. The second-order valence-corrected chi connectivity index (χ2v) is 4.44. The van der Waals surface area contributed by atoms with Crippen molar-refractivity contribution in [1.82, 2.24) is 0 Å². The first-order valence-corrected chi connectivity index (χ1v) is 6.33. The Morgan fingerprint density at radius 1 is 1.19 bits per heavy atom. The molecule has 6 heteroatoms. The van der Waals surface area contributed by atoms with E-state index in [9.17, 15) is 14.9 Å². The van der Waals surface area contributed by atoms with Crippen LogP contribution in [0.2, 0.25) is 5.02 Å². The van der Waals surface area contributed by atoms with Crippen molar-refractivity contribution in [2.24, 2.45) is 0 Å². The molecular weight excluding hydrogens is 294 g/mol. The molecule has 0 aromatic heterocycles. The molecule has 0 atom stereocenters. The van der Waals surface area contributed by atoms with E-state index >= 15 is 0 Å². The Balaban J connectivity index is 2.09. The minimum absolute atomic E-state index is 0.0454. The van der Waals surface area contributed by atoms with Crippen molar-refractivity contribution in [3.05, 3.63) is 75.3 Å². The van der Waals surface area contributed by atoms with E-state index in [2.05, 4.69) is 0 Å². The SMILES string of the molecule is O=C(/C=C/c1ccc(Cl)c([N+](=O)[O-])c1)Oc1ccccc1. The van der Waals surface area contributed by atoms with E-state index in [1.165, 1.54) is 24.3 Å². The summed E-state index contributed by atoms with van der Waals surface area (Å²) in [5.74, 6) is -0.145. The predicted molar refractivity (Wildman–Crippen MR) is 79.2 cm³/mol. The van der Waals surface area contributed by atoms with Gasteiger partial charge in [-0.3, -0.25) is 10.1 Å². The Kier molecular flexibility index (Phi) is 4.68. The zero-order chi connectivity index (χ0) is 15.2. The molecule has 0 radical (unpaired) electrons. The number of nitro groups is 1. The van der Waals surface area contributed by atoms with Crippen molar-refractivity contribution in [2.45, 2.75) is 0 Å². The molecule has 0 fully saturated rings. The van der Waals surface area contributed by atoms with Crippen LogP contribution in [0.3, 0.4) is 0 Å². The second-order valence-electron chi connectivity index (χ2n) is 4.04. The highest BCUT2D eigenvalue weighted by Gasteiger charge is 2.11. The highest BCUT2D eigenvalue weighted by molar-refractivity contribution is 6.32. The molecule has 21 heavy (non-hydrogen) atoms. The Hall–Kier alpha value is -2.66. The smallest absolute Gasteiger partial charge is 0.336 e. The summed E-state index contributed by atoms with van der Waals surface area (Å²) < 4.78 is 5.05. The van der Waals surface area contributed by atoms with Gasteiger partial charge in [0, 0.05) is 12.1 Å². The zero-order valence-corrected chi connectivity index (χ0v) is 11.5. The van der Waals surface area contributed by atoms with Crippen LogP contribution in [0.25, 0.3) is 6.08 Å². The van der Waals surface area contributed by atoms with Crippen molar-refractivity contribution in [1.29, 1.82) is 0 Å². The van der Waals surface area contributed by atoms with E-state index in [1.54, 1.807) is 36.4 Å². The minimum Gasteiger partial charge on any atom is -0.423 e. The maximum atomic E-state index is 11.6. The first-order chi connectivity index (χ1) is 10.1. The van der Waals surface area contributed by atoms with Crippen LogP contribution >= 0.6 is 11.6 Å². The highest BCUT2D eigenvalue weighted by Crippen LogP contribution is 2.25. The molecular formula is C15H10ClNO4. The van der Waals surface area contributed by atoms with Crippen LogP contribution < -0.4 is 4.74 Å². The summed E-state index contributed by atoms with van der Waals surface area (Å²) in [5.41, 5.74) is 0.270. The zero-order valence-electron chi connectivity index (χ0n) is 10.7. The maximum absolute atomic E-state index is 11.6. The van der Waals surface area contributed by atoms with E-state index in [-0.39, 0.29) is 10.7 Å². The lowest BCUT2D eigenvalue weighted by Gasteiger charge is -2.00. The van der Waals surface area contributed by atoms with Gasteiger partial charge in [-0.05, 0) is 29.8 Å². The van der Waals surface area contributed by atoms with Gasteiger partial charge in [0.25, 0.3) is 5.69 Å². The summed E-state index contributed by atoms with van der Waals surface area (Å²) in [6.07, 6.45) is 2.62. The number of esters is 1. The molecule has 0 unspecified atom stereocenters. The van der Waals surface area contributed by atoms with Crippen LogP contribution in [0.1, 0.15) is 5.56 Å². The maximum Gasteiger partial charge on any atom is 0.336 e. The number of nitrogens with zero attached hydrogens (tertiary/aromatic N) is 1. The summed E-state index contributed by atoms with van der Waals surface area (Å²) in [6.45, 7) is 0. The number of hydrogen-bond donors (Lipinski definition) is 0. The molecule has 2 aromatic carbocycles.